The van der Waals surface area contributed by atoms with Crippen LogP contribution in [0.3, 0.4) is 0 Å². The van der Waals surface area contributed by atoms with Gasteiger partial charge in [0.1, 0.15) is 12.7 Å². The Morgan fingerprint density at radius 2 is 2.45 bits per heavy atom. The van der Waals surface area contributed by atoms with Gasteiger partial charge in [-0.3, -0.25) is 4.79 Å². The molecule has 0 spiro atoms. The van der Waals surface area contributed by atoms with Gasteiger partial charge in [-0.1, -0.05) is 0 Å². The van der Waals surface area contributed by atoms with Gasteiger partial charge in [0, 0.05) is 24.3 Å². The van der Waals surface area contributed by atoms with Crippen molar-refractivity contribution in [2.24, 2.45) is 0 Å². The Morgan fingerprint density at radius 1 is 1.50 bits per heavy atom. The van der Waals surface area contributed by atoms with Crippen molar-refractivity contribution in [3.63, 3.8) is 0 Å². The van der Waals surface area contributed by atoms with Crippen molar-refractivity contribution in [3.05, 3.63) is 36.5 Å². The van der Waals surface area contributed by atoms with E-state index in [1.54, 1.807) is 24.7 Å². The van der Waals surface area contributed by atoms with Gasteiger partial charge >= 0.3 is 0 Å². The lowest BCUT2D eigenvalue weighted by molar-refractivity contribution is 0.0930. The van der Waals surface area contributed by atoms with Gasteiger partial charge in [0.05, 0.1) is 0 Å². The molecule has 0 saturated carbocycles. The normalized spacial score (nSPS) is 18.7. The topological polar surface area (TPSA) is 84.7 Å². The number of carbonyl (C=O) groups excluding carboxylic acids is 1. The molecule has 1 amide bonds. The molecule has 2 aromatic rings. The van der Waals surface area contributed by atoms with Crippen molar-refractivity contribution in [2.75, 3.05) is 13.1 Å². The minimum absolute atomic E-state index is 0.0811. The molecule has 2 aromatic heterocycles. The van der Waals surface area contributed by atoms with E-state index in [1.165, 1.54) is 11.0 Å². The predicted molar refractivity (Wildman–Crippen MR) is 72.5 cm³/mol. The third-order valence-corrected chi connectivity index (χ3v) is 3.29. The molecule has 3 rings (SSSR count). The monoisotopic (exact) mass is 272 g/mol. The average molecular weight is 272 g/mol. The summed E-state index contributed by atoms with van der Waals surface area (Å²) in [6.07, 6.45) is 6.69. The van der Waals surface area contributed by atoms with E-state index in [2.05, 4.69) is 25.7 Å². The van der Waals surface area contributed by atoms with E-state index in [-0.39, 0.29) is 11.9 Å². The summed E-state index contributed by atoms with van der Waals surface area (Å²) in [4.78, 5) is 20.3. The third-order valence-electron chi connectivity index (χ3n) is 3.29. The second-order valence-electron chi connectivity index (χ2n) is 4.76. The molecule has 1 atom stereocenters. The quantitative estimate of drug-likeness (QED) is 0.830. The van der Waals surface area contributed by atoms with Crippen LogP contribution in [0, 0.1) is 0 Å². The summed E-state index contributed by atoms with van der Waals surface area (Å²) in [5, 5.41) is 10.3. The number of hydrogen-bond donors (Lipinski definition) is 2. The molecular formula is C13H16N6O. The molecule has 0 aliphatic carbocycles. The second-order valence-corrected chi connectivity index (χ2v) is 4.76. The van der Waals surface area contributed by atoms with Gasteiger partial charge in [0.25, 0.3) is 5.91 Å². The lowest BCUT2D eigenvalue weighted by atomic mass is 10.1. The lowest BCUT2D eigenvalue weighted by Gasteiger charge is -2.23. The molecule has 7 nitrogen and oxygen atoms in total. The molecule has 1 aliphatic heterocycles. The standard InChI is InChI=1S/C13H16N6O/c20-13(18-11-2-1-4-14-7-11)10-3-5-16-12(6-10)19-9-15-8-17-19/h3,5-6,8-9,11,14H,1-2,4,7H2,(H,18,20). The SMILES string of the molecule is O=C(NC1CCCNC1)c1ccnc(-n2cncn2)c1. The first-order chi connectivity index (χ1) is 9.83. The molecule has 0 aromatic carbocycles. The summed E-state index contributed by atoms with van der Waals surface area (Å²) in [7, 11) is 0. The highest BCUT2D eigenvalue weighted by Gasteiger charge is 2.16. The highest BCUT2D eigenvalue weighted by molar-refractivity contribution is 5.94. The Hall–Kier alpha value is -2.28. The summed E-state index contributed by atoms with van der Waals surface area (Å²) in [5.74, 6) is 0.499. The Morgan fingerprint density at radius 3 is 3.20 bits per heavy atom. The van der Waals surface area contributed by atoms with Gasteiger partial charge in [-0.2, -0.15) is 5.10 Å². The van der Waals surface area contributed by atoms with Crippen LogP contribution in [-0.2, 0) is 0 Å². The number of amides is 1. The van der Waals surface area contributed by atoms with Crippen LogP contribution in [0.4, 0.5) is 0 Å². The van der Waals surface area contributed by atoms with Crippen molar-refractivity contribution in [1.29, 1.82) is 0 Å². The fourth-order valence-electron chi connectivity index (χ4n) is 2.26. The van der Waals surface area contributed by atoms with Crippen molar-refractivity contribution < 1.29 is 4.79 Å². The van der Waals surface area contributed by atoms with Gasteiger partial charge in [-0.05, 0) is 31.5 Å². The largest absolute Gasteiger partial charge is 0.348 e. The zero-order chi connectivity index (χ0) is 13.8. The van der Waals surface area contributed by atoms with Crippen molar-refractivity contribution in [3.8, 4) is 5.82 Å². The number of hydrogen-bond acceptors (Lipinski definition) is 5. The predicted octanol–water partition coefficient (Wildman–Crippen LogP) is 0.144. The summed E-state index contributed by atoms with van der Waals surface area (Å²) in [5.41, 5.74) is 0.580. The average Bonchev–Trinajstić information content (AvgIpc) is 3.03. The first-order valence-corrected chi connectivity index (χ1v) is 6.65. The molecular weight excluding hydrogens is 256 g/mol. The van der Waals surface area contributed by atoms with Gasteiger partial charge in [-0.25, -0.2) is 14.6 Å². The first kappa shape index (κ1) is 12.7. The number of rotatable bonds is 3. The maximum Gasteiger partial charge on any atom is 0.251 e. The molecule has 1 unspecified atom stereocenters. The highest BCUT2D eigenvalue weighted by atomic mass is 16.1. The van der Waals surface area contributed by atoms with Crippen molar-refractivity contribution in [2.45, 2.75) is 18.9 Å². The summed E-state index contributed by atoms with van der Waals surface area (Å²) in [6.45, 7) is 1.85. The van der Waals surface area contributed by atoms with E-state index >= 15 is 0 Å². The van der Waals surface area contributed by atoms with E-state index in [4.69, 9.17) is 0 Å². The van der Waals surface area contributed by atoms with E-state index in [1.807, 2.05) is 0 Å². The van der Waals surface area contributed by atoms with Crippen molar-refractivity contribution >= 4 is 5.91 Å². The van der Waals surface area contributed by atoms with Gasteiger partial charge < -0.3 is 10.6 Å². The maximum absolute atomic E-state index is 12.2. The Kier molecular flexibility index (Phi) is 3.69. The van der Waals surface area contributed by atoms with Gasteiger partial charge in [-0.15, -0.1) is 0 Å². The van der Waals surface area contributed by atoms with Gasteiger partial charge in [0.2, 0.25) is 0 Å². The summed E-state index contributed by atoms with van der Waals surface area (Å²) < 4.78 is 1.53. The molecule has 104 valence electrons. The molecule has 7 heteroatoms. The van der Waals surface area contributed by atoms with Crippen LogP contribution in [0.2, 0.25) is 0 Å². The van der Waals surface area contributed by atoms with Gasteiger partial charge in [0.15, 0.2) is 5.82 Å². The fraction of sp³-hybridized carbons (Fsp3) is 0.385. The molecule has 0 bridgehead atoms. The molecule has 3 heterocycles. The lowest BCUT2D eigenvalue weighted by Crippen LogP contribution is -2.45. The van der Waals surface area contributed by atoms with Crippen LogP contribution in [0.25, 0.3) is 5.82 Å². The van der Waals surface area contributed by atoms with E-state index in [0.29, 0.717) is 11.4 Å². The van der Waals surface area contributed by atoms with E-state index in [0.717, 1.165) is 25.9 Å². The molecule has 2 N–H and O–H groups in total. The zero-order valence-electron chi connectivity index (χ0n) is 11.0. The number of nitrogens with one attached hydrogen (secondary N) is 2. The van der Waals surface area contributed by atoms with Crippen LogP contribution in [-0.4, -0.2) is 44.8 Å². The van der Waals surface area contributed by atoms with Crippen LogP contribution in [0.15, 0.2) is 31.0 Å². The number of carbonyl (C=O) groups is 1. The van der Waals surface area contributed by atoms with Crippen LogP contribution < -0.4 is 10.6 Å². The van der Waals surface area contributed by atoms with E-state index < -0.39 is 0 Å². The zero-order valence-corrected chi connectivity index (χ0v) is 11.0. The Labute approximate surface area is 116 Å². The Balaban J connectivity index is 1.73. The Bertz CT molecular complexity index is 576. The minimum Gasteiger partial charge on any atom is -0.348 e. The smallest absolute Gasteiger partial charge is 0.251 e. The van der Waals surface area contributed by atoms with E-state index in [9.17, 15) is 4.79 Å². The summed E-state index contributed by atoms with van der Waals surface area (Å²) in [6, 6.07) is 3.60. The number of aromatic nitrogens is 4. The molecule has 0 radical (unpaired) electrons. The molecule has 1 fully saturated rings. The number of piperidine rings is 1. The third kappa shape index (κ3) is 2.83. The van der Waals surface area contributed by atoms with Crippen molar-refractivity contribution in [1.82, 2.24) is 30.4 Å². The molecule has 1 aliphatic rings. The first-order valence-electron chi connectivity index (χ1n) is 6.65. The number of nitrogens with zero attached hydrogens (tertiary/aromatic N) is 4. The van der Waals surface area contributed by atoms with Crippen LogP contribution >= 0.6 is 0 Å². The molecule has 20 heavy (non-hydrogen) atoms. The molecule has 1 saturated heterocycles. The van der Waals surface area contributed by atoms with Crippen LogP contribution in [0.5, 0.6) is 0 Å². The highest BCUT2D eigenvalue weighted by Crippen LogP contribution is 2.07. The second kappa shape index (κ2) is 5.79. The number of pyridine rings is 1. The minimum atomic E-state index is -0.0811. The maximum atomic E-state index is 12.2. The summed E-state index contributed by atoms with van der Waals surface area (Å²) >= 11 is 0. The fourth-order valence-corrected chi connectivity index (χ4v) is 2.26. The van der Waals surface area contributed by atoms with Crippen LogP contribution in [0.1, 0.15) is 23.2 Å².